The molecule has 0 spiro atoms. The number of hydrogen-bond acceptors (Lipinski definition) is 7. The summed E-state index contributed by atoms with van der Waals surface area (Å²) in [5.74, 6) is -1.07. The van der Waals surface area contributed by atoms with Gasteiger partial charge in [-0.15, -0.1) is 0 Å². The molecule has 0 unspecified atom stereocenters. The molecule has 0 amide bonds. The van der Waals surface area contributed by atoms with Gasteiger partial charge in [-0.05, 0) is 54.1 Å². The zero-order valence-electron chi connectivity index (χ0n) is 16.7. The first-order valence-corrected chi connectivity index (χ1v) is 10.7. The molecule has 0 bridgehead atoms. The number of hydrogen-bond donors (Lipinski definition) is 0. The Balaban J connectivity index is 1.62. The Labute approximate surface area is 183 Å². The van der Waals surface area contributed by atoms with E-state index < -0.39 is 21.9 Å². The van der Waals surface area contributed by atoms with Crippen LogP contribution in [0.4, 0.5) is 4.39 Å². The van der Waals surface area contributed by atoms with E-state index >= 15 is 0 Å². The Morgan fingerprint density at radius 2 is 1.75 bits per heavy atom. The predicted octanol–water partition coefficient (Wildman–Crippen LogP) is 3.95. The van der Waals surface area contributed by atoms with Gasteiger partial charge in [-0.2, -0.15) is 8.42 Å². The Morgan fingerprint density at radius 3 is 2.47 bits per heavy atom. The minimum atomic E-state index is -4.05. The minimum Gasteiger partial charge on any atom is -0.493 e. The highest BCUT2D eigenvalue weighted by molar-refractivity contribution is 7.87. The lowest BCUT2D eigenvalue weighted by Crippen LogP contribution is -2.10. The van der Waals surface area contributed by atoms with Crippen LogP contribution in [0.3, 0.4) is 0 Å². The second kappa shape index (κ2) is 8.64. The standard InChI is InChI=1S/C23H16FNO6S/c1-29-21-13-15(10-11-20(21)31-32(27,28)18-8-3-2-4-9-18)12-19-23(26)30-22(25-19)16-6-5-7-17(24)14-16/h2-14H,1H3/b19-12+. The molecule has 32 heavy (non-hydrogen) atoms. The van der Waals surface area contributed by atoms with E-state index in [0.29, 0.717) is 11.1 Å². The summed E-state index contributed by atoms with van der Waals surface area (Å²) in [6, 6.07) is 17.7. The number of ether oxygens (including phenoxy) is 2. The summed E-state index contributed by atoms with van der Waals surface area (Å²) in [7, 11) is -2.69. The Hall–Kier alpha value is -3.98. The molecule has 1 aliphatic heterocycles. The van der Waals surface area contributed by atoms with Crippen molar-refractivity contribution < 1.29 is 31.3 Å². The molecule has 0 saturated heterocycles. The maximum atomic E-state index is 13.4. The average Bonchev–Trinajstić information content (AvgIpc) is 3.15. The lowest BCUT2D eigenvalue weighted by molar-refractivity contribution is -0.129. The number of cyclic esters (lactones) is 1. The number of carbonyl (C=O) groups is 1. The third-order valence-electron chi connectivity index (χ3n) is 4.41. The van der Waals surface area contributed by atoms with Crippen molar-refractivity contribution in [2.45, 2.75) is 4.90 Å². The second-order valence-corrected chi connectivity index (χ2v) is 8.15. The highest BCUT2D eigenvalue weighted by Gasteiger charge is 2.25. The van der Waals surface area contributed by atoms with Crippen LogP contribution >= 0.6 is 0 Å². The van der Waals surface area contributed by atoms with Crippen LogP contribution in [0, 0.1) is 5.82 Å². The molecule has 0 aliphatic carbocycles. The summed E-state index contributed by atoms with van der Waals surface area (Å²) in [5.41, 5.74) is 0.814. The number of nitrogens with zero attached hydrogens (tertiary/aromatic N) is 1. The summed E-state index contributed by atoms with van der Waals surface area (Å²) in [4.78, 5) is 16.3. The van der Waals surface area contributed by atoms with Crippen molar-refractivity contribution in [3.05, 3.63) is 95.4 Å². The molecule has 0 fully saturated rings. The number of rotatable bonds is 6. The van der Waals surface area contributed by atoms with Gasteiger partial charge in [0.25, 0.3) is 0 Å². The van der Waals surface area contributed by atoms with Crippen LogP contribution in [0.2, 0.25) is 0 Å². The molecular weight excluding hydrogens is 437 g/mol. The molecule has 4 rings (SSSR count). The van der Waals surface area contributed by atoms with Crippen molar-refractivity contribution in [1.82, 2.24) is 0 Å². The monoisotopic (exact) mass is 453 g/mol. The zero-order chi connectivity index (χ0) is 22.7. The molecule has 1 heterocycles. The number of aliphatic imine (C=N–C) groups is 1. The van der Waals surface area contributed by atoms with Crippen molar-refractivity contribution >= 4 is 28.1 Å². The van der Waals surface area contributed by atoms with Crippen molar-refractivity contribution in [2.24, 2.45) is 4.99 Å². The molecule has 0 radical (unpaired) electrons. The van der Waals surface area contributed by atoms with Gasteiger partial charge < -0.3 is 13.7 Å². The molecular formula is C23H16FNO6S. The summed E-state index contributed by atoms with van der Waals surface area (Å²) in [6.07, 6.45) is 1.44. The molecule has 9 heteroatoms. The molecule has 3 aromatic rings. The molecule has 0 atom stereocenters. The van der Waals surface area contributed by atoms with Gasteiger partial charge in [0.2, 0.25) is 5.90 Å². The topological polar surface area (TPSA) is 91.3 Å². The second-order valence-electron chi connectivity index (χ2n) is 6.61. The fraction of sp³-hybridized carbons (Fsp3) is 0.0435. The van der Waals surface area contributed by atoms with Crippen LogP contribution in [0.1, 0.15) is 11.1 Å². The van der Waals surface area contributed by atoms with Crippen LogP contribution in [0.25, 0.3) is 6.08 Å². The van der Waals surface area contributed by atoms with E-state index in [1.165, 1.54) is 61.7 Å². The number of halogens is 1. The lowest BCUT2D eigenvalue weighted by atomic mass is 10.1. The summed E-state index contributed by atoms with van der Waals surface area (Å²) in [6.45, 7) is 0. The minimum absolute atomic E-state index is 0.00108. The quantitative estimate of drug-likeness (QED) is 0.319. The number of benzene rings is 3. The van der Waals surface area contributed by atoms with E-state index in [0.717, 1.165) is 0 Å². The Morgan fingerprint density at radius 1 is 0.969 bits per heavy atom. The van der Waals surface area contributed by atoms with Crippen molar-refractivity contribution in [1.29, 1.82) is 0 Å². The predicted molar refractivity (Wildman–Crippen MR) is 114 cm³/mol. The SMILES string of the molecule is COc1cc(/C=C2/N=C(c3cccc(F)c3)OC2=O)ccc1OS(=O)(=O)c1ccccc1. The summed E-state index contributed by atoms with van der Waals surface area (Å²) in [5, 5.41) is 0. The van der Waals surface area contributed by atoms with Gasteiger partial charge in [0, 0.05) is 5.56 Å². The third-order valence-corrected chi connectivity index (χ3v) is 5.66. The van der Waals surface area contributed by atoms with E-state index in [9.17, 15) is 17.6 Å². The summed E-state index contributed by atoms with van der Waals surface area (Å²) < 4.78 is 54.0. The van der Waals surface area contributed by atoms with Crippen molar-refractivity contribution in [2.75, 3.05) is 7.11 Å². The molecule has 1 aliphatic rings. The first kappa shape index (κ1) is 21.3. The highest BCUT2D eigenvalue weighted by Crippen LogP contribution is 2.32. The van der Waals surface area contributed by atoms with Gasteiger partial charge in [-0.25, -0.2) is 14.2 Å². The van der Waals surface area contributed by atoms with Gasteiger partial charge in [0.1, 0.15) is 10.7 Å². The average molecular weight is 453 g/mol. The van der Waals surface area contributed by atoms with Gasteiger partial charge in [0.05, 0.1) is 7.11 Å². The van der Waals surface area contributed by atoms with Crippen LogP contribution in [0.5, 0.6) is 11.5 Å². The van der Waals surface area contributed by atoms with Crippen molar-refractivity contribution in [3.63, 3.8) is 0 Å². The maximum Gasteiger partial charge on any atom is 0.363 e. The van der Waals surface area contributed by atoms with Crippen LogP contribution < -0.4 is 8.92 Å². The number of esters is 1. The number of methoxy groups -OCH3 is 1. The van der Waals surface area contributed by atoms with E-state index in [-0.39, 0.29) is 28.0 Å². The smallest absolute Gasteiger partial charge is 0.363 e. The number of carbonyl (C=O) groups excluding carboxylic acids is 1. The maximum absolute atomic E-state index is 13.4. The first-order chi connectivity index (χ1) is 15.4. The first-order valence-electron chi connectivity index (χ1n) is 9.32. The largest absolute Gasteiger partial charge is 0.493 e. The molecule has 162 valence electrons. The lowest BCUT2D eigenvalue weighted by Gasteiger charge is -2.11. The molecule has 0 saturated carbocycles. The fourth-order valence-corrected chi connectivity index (χ4v) is 3.87. The van der Waals surface area contributed by atoms with E-state index in [2.05, 4.69) is 4.99 Å². The van der Waals surface area contributed by atoms with E-state index in [4.69, 9.17) is 13.7 Å². The van der Waals surface area contributed by atoms with E-state index in [1.807, 2.05) is 0 Å². The fourth-order valence-electron chi connectivity index (χ4n) is 2.91. The summed E-state index contributed by atoms with van der Waals surface area (Å²) >= 11 is 0. The molecule has 0 aromatic heterocycles. The normalized spacial score (nSPS) is 14.8. The van der Waals surface area contributed by atoms with Gasteiger partial charge in [-0.3, -0.25) is 0 Å². The van der Waals surface area contributed by atoms with E-state index in [1.54, 1.807) is 24.3 Å². The van der Waals surface area contributed by atoms with Gasteiger partial charge in [-0.1, -0.05) is 30.3 Å². The third kappa shape index (κ3) is 4.52. The van der Waals surface area contributed by atoms with Gasteiger partial charge in [0.15, 0.2) is 17.2 Å². The van der Waals surface area contributed by atoms with Crippen LogP contribution in [-0.2, 0) is 19.6 Å². The van der Waals surface area contributed by atoms with Crippen LogP contribution in [0.15, 0.2) is 88.4 Å². The molecule has 7 nitrogen and oxygen atoms in total. The van der Waals surface area contributed by atoms with Gasteiger partial charge >= 0.3 is 16.1 Å². The Kier molecular flexibility index (Phi) is 5.74. The zero-order valence-corrected chi connectivity index (χ0v) is 17.5. The Bertz CT molecular complexity index is 1350. The molecule has 0 N–H and O–H groups in total. The molecule has 3 aromatic carbocycles. The van der Waals surface area contributed by atoms with Crippen LogP contribution in [-0.4, -0.2) is 27.4 Å². The highest BCUT2D eigenvalue weighted by atomic mass is 32.2. The van der Waals surface area contributed by atoms with Crippen molar-refractivity contribution in [3.8, 4) is 11.5 Å².